The van der Waals surface area contributed by atoms with Gasteiger partial charge in [-0.2, -0.15) is 5.10 Å². The van der Waals surface area contributed by atoms with E-state index in [9.17, 15) is 9.59 Å². The first-order chi connectivity index (χ1) is 11.5. The zero-order valence-corrected chi connectivity index (χ0v) is 13.9. The van der Waals surface area contributed by atoms with Gasteiger partial charge >= 0.3 is 0 Å². The van der Waals surface area contributed by atoms with Gasteiger partial charge in [-0.05, 0) is 24.1 Å². The number of nitrogens with zero attached hydrogens (tertiary/aromatic N) is 3. The summed E-state index contributed by atoms with van der Waals surface area (Å²) < 4.78 is 6.93. The molecule has 0 saturated heterocycles. The van der Waals surface area contributed by atoms with Crippen LogP contribution in [0.2, 0.25) is 0 Å². The van der Waals surface area contributed by atoms with Crippen molar-refractivity contribution in [3.8, 4) is 0 Å². The molecule has 0 fully saturated rings. The SMILES string of the molecule is CC(C)CC(=O)N1Cc2ccnn2C(C(=O)NCc2ccco2)C1. The van der Waals surface area contributed by atoms with Crippen LogP contribution in [-0.2, 0) is 22.7 Å². The first kappa shape index (κ1) is 16.3. The van der Waals surface area contributed by atoms with E-state index in [-0.39, 0.29) is 17.7 Å². The molecule has 1 aliphatic heterocycles. The molecule has 1 atom stereocenters. The van der Waals surface area contributed by atoms with Crippen molar-refractivity contribution < 1.29 is 14.0 Å². The fraction of sp³-hybridized carbons (Fsp3) is 0.471. The van der Waals surface area contributed by atoms with Gasteiger partial charge in [0.25, 0.3) is 0 Å². The van der Waals surface area contributed by atoms with Crippen molar-refractivity contribution >= 4 is 11.8 Å². The highest BCUT2D eigenvalue weighted by atomic mass is 16.3. The van der Waals surface area contributed by atoms with Gasteiger partial charge < -0.3 is 14.6 Å². The number of amides is 2. The molecule has 1 aliphatic rings. The maximum Gasteiger partial charge on any atom is 0.247 e. The van der Waals surface area contributed by atoms with E-state index >= 15 is 0 Å². The molecule has 1 unspecified atom stereocenters. The maximum atomic E-state index is 12.6. The van der Waals surface area contributed by atoms with Gasteiger partial charge in [-0.3, -0.25) is 14.3 Å². The zero-order valence-electron chi connectivity index (χ0n) is 13.9. The summed E-state index contributed by atoms with van der Waals surface area (Å²) in [6.45, 7) is 5.18. The molecule has 3 heterocycles. The number of hydrogen-bond acceptors (Lipinski definition) is 4. The van der Waals surface area contributed by atoms with Crippen LogP contribution in [-0.4, -0.2) is 33.0 Å². The van der Waals surface area contributed by atoms with E-state index in [0.29, 0.717) is 31.8 Å². The number of fused-ring (bicyclic) bond motifs is 1. The van der Waals surface area contributed by atoms with E-state index in [2.05, 4.69) is 10.4 Å². The average Bonchev–Trinajstić information content (AvgIpc) is 3.21. The zero-order chi connectivity index (χ0) is 17.1. The van der Waals surface area contributed by atoms with Gasteiger partial charge in [0.1, 0.15) is 11.8 Å². The third kappa shape index (κ3) is 3.50. The average molecular weight is 330 g/mol. The molecular formula is C17H22N4O3. The maximum absolute atomic E-state index is 12.6. The summed E-state index contributed by atoms with van der Waals surface area (Å²) in [5, 5.41) is 7.11. The Labute approximate surface area is 140 Å². The first-order valence-corrected chi connectivity index (χ1v) is 8.15. The summed E-state index contributed by atoms with van der Waals surface area (Å²) in [6, 6.07) is 4.91. The molecule has 1 N–H and O–H groups in total. The number of furan rings is 1. The second-order valence-corrected chi connectivity index (χ2v) is 6.45. The van der Waals surface area contributed by atoms with Crippen LogP contribution in [0.5, 0.6) is 0 Å². The number of hydrogen-bond donors (Lipinski definition) is 1. The van der Waals surface area contributed by atoms with Crippen molar-refractivity contribution in [2.75, 3.05) is 6.54 Å². The molecule has 2 aromatic rings. The smallest absolute Gasteiger partial charge is 0.247 e. The molecular weight excluding hydrogens is 308 g/mol. The highest BCUT2D eigenvalue weighted by molar-refractivity contribution is 5.82. The predicted molar refractivity (Wildman–Crippen MR) is 86.7 cm³/mol. The van der Waals surface area contributed by atoms with Crippen molar-refractivity contribution in [2.24, 2.45) is 5.92 Å². The Bertz CT molecular complexity index is 705. The fourth-order valence-corrected chi connectivity index (χ4v) is 2.86. The molecule has 0 saturated carbocycles. The minimum Gasteiger partial charge on any atom is -0.467 e. The number of rotatable bonds is 5. The lowest BCUT2D eigenvalue weighted by atomic mass is 10.1. The number of aromatic nitrogens is 2. The lowest BCUT2D eigenvalue weighted by molar-refractivity contribution is -0.136. The molecule has 7 heteroatoms. The second kappa shape index (κ2) is 6.90. The minimum absolute atomic E-state index is 0.0706. The van der Waals surface area contributed by atoms with Gasteiger partial charge in [-0.25, -0.2) is 0 Å². The van der Waals surface area contributed by atoms with Crippen LogP contribution in [0.15, 0.2) is 35.1 Å². The summed E-state index contributed by atoms with van der Waals surface area (Å²) in [7, 11) is 0. The summed E-state index contributed by atoms with van der Waals surface area (Å²) >= 11 is 0. The van der Waals surface area contributed by atoms with Crippen molar-refractivity contribution in [3.63, 3.8) is 0 Å². The van der Waals surface area contributed by atoms with Crippen molar-refractivity contribution in [1.82, 2.24) is 20.0 Å². The van der Waals surface area contributed by atoms with E-state index in [1.54, 1.807) is 34.2 Å². The topological polar surface area (TPSA) is 80.4 Å². The predicted octanol–water partition coefficient (Wildman–Crippen LogP) is 1.72. The molecule has 0 aliphatic carbocycles. The number of carbonyl (C=O) groups is 2. The van der Waals surface area contributed by atoms with Gasteiger partial charge in [0.05, 0.1) is 31.6 Å². The Balaban J connectivity index is 1.71. The monoisotopic (exact) mass is 330 g/mol. The van der Waals surface area contributed by atoms with Crippen molar-refractivity contribution in [1.29, 1.82) is 0 Å². The lowest BCUT2D eigenvalue weighted by Crippen LogP contribution is -2.47. The third-order valence-corrected chi connectivity index (χ3v) is 4.05. The van der Waals surface area contributed by atoms with Crippen LogP contribution < -0.4 is 5.32 Å². The Morgan fingerprint density at radius 3 is 2.96 bits per heavy atom. The molecule has 2 aromatic heterocycles. The number of carbonyl (C=O) groups excluding carboxylic acids is 2. The summed E-state index contributed by atoms with van der Waals surface area (Å²) in [5.74, 6) is 0.878. The van der Waals surface area contributed by atoms with Gasteiger partial charge in [0, 0.05) is 12.6 Å². The normalized spacial score (nSPS) is 17.0. The van der Waals surface area contributed by atoms with E-state index in [1.807, 2.05) is 19.9 Å². The molecule has 7 nitrogen and oxygen atoms in total. The standard InChI is InChI=1S/C17H22N4O3/c1-12(2)8-16(22)20-10-13-5-6-19-21(13)15(11-20)17(23)18-9-14-4-3-7-24-14/h3-7,12,15H,8-11H2,1-2H3,(H,18,23). The Morgan fingerprint density at radius 1 is 1.42 bits per heavy atom. The molecule has 24 heavy (non-hydrogen) atoms. The molecule has 0 aromatic carbocycles. The summed E-state index contributed by atoms with van der Waals surface area (Å²) in [4.78, 5) is 26.7. The molecule has 0 bridgehead atoms. The van der Waals surface area contributed by atoms with E-state index < -0.39 is 6.04 Å². The Kier molecular flexibility index (Phi) is 4.69. The van der Waals surface area contributed by atoms with Crippen molar-refractivity contribution in [2.45, 2.75) is 39.4 Å². The van der Waals surface area contributed by atoms with Crippen LogP contribution in [0.3, 0.4) is 0 Å². The highest BCUT2D eigenvalue weighted by Crippen LogP contribution is 2.22. The van der Waals surface area contributed by atoms with Crippen LogP contribution in [0.1, 0.15) is 37.8 Å². The first-order valence-electron chi connectivity index (χ1n) is 8.15. The quantitative estimate of drug-likeness (QED) is 0.905. The highest BCUT2D eigenvalue weighted by Gasteiger charge is 2.33. The summed E-state index contributed by atoms with van der Waals surface area (Å²) in [5.41, 5.74) is 0.872. The van der Waals surface area contributed by atoms with Gasteiger partial charge in [-0.1, -0.05) is 13.8 Å². The summed E-state index contributed by atoms with van der Waals surface area (Å²) in [6.07, 6.45) is 3.72. The molecule has 3 rings (SSSR count). The second-order valence-electron chi connectivity index (χ2n) is 6.45. The van der Waals surface area contributed by atoms with Crippen LogP contribution in [0.4, 0.5) is 0 Å². The van der Waals surface area contributed by atoms with Crippen molar-refractivity contribution in [3.05, 3.63) is 42.1 Å². The Morgan fingerprint density at radius 2 is 2.25 bits per heavy atom. The lowest BCUT2D eigenvalue weighted by Gasteiger charge is -2.33. The third-order valence-electron chi connectivity index (χ3n) is 4.05. The van der Waals surface area contributed by atoms with Crippen LogP contribution >= 0.6 is 0 Å². The van der Waals surface area contributed by atoms with Gasteiger partial charge in [0.2, 0.25) is 11.8 Å². The Hall–Kier alpha value is -2.57. The minimum atomic E-state index is -0.519. The van der Waals surface area contributed by atoms with Crippen LogP contribution in [0, 0.1) is 5.92 Å². The fourth-order valence-electron chi connectivity index (χ4n) is 2.86. The molecule has 2 amide bonds. The molecule has 128 valence electrons. The van der Waals surface area contributed by atoms with E-state index in [0.717, 1.165) is 5.69 Å². The van der Waals surface area contributed by atoms with Gasteiger partial charge in [0.15, 0.2) is 0 Å². The van der Waals surface area contributed by atoms with Gasteiger partial charge in [-0.15, -0.1) is 0 Å². The molecule has 0 radical (unpaired) electrons. The van der Waals surface area contributed by atoms with Crippen LogP contribution in [0.25, 0.3) is 0 Å². The largest absolute Gasteiger partial charge is 0.467 e. The van der Waals surface area contributed by atoms with E-state index in [1.165, 1.54) is 0 Å². The van der Waals surface area contributed by atoms with E-state index in [4.69, 9.17) is 4.42 Å². The number of nitrogens with one attached hydrogen (secondary N) is 1. The molecule has 0 spiro atoms.